The predicted octanol–water partition coefficient (Wildman–Crippen LogP) is 4.62. The monoisotopic (exact) mass is 512 g/mol. The maximum Gasteiger partial charge on any atom is 0.254 e. The number of hydrogen-bond donors (Lipinski definition) is 2. The molecule has 8 nitrogen and oxygen atoms in total. The molecule has 2 N–H and O–H groups in total. The van der Waals surface area contributed by atoms with E-state index in [4.69, 9.17) is 9.72 Å². The topological polar surface area (TPSA) is 83.8 Å². The van der Waals surface area contributed by atoms with Gasteiger partial charge in [0.25, 0.3) is 5.91 Å². The zero-order chi connectivity index (χ0) is 25.6. The predicted molar refractivity (Wildman–Crippen MR) is 142 cm³/mol. The highest BCUT2D eigenvalue weighted by Gasteiger charge is 2.28. The molecular formula is C29H29FN6O2. The molecule has 4 aromatic rings. The van der Waals surface area contributed by atoms with Crippen molar-refractivity contribution in [2.24, 2.45) is 0 Å². The van der Waals surface area contributed by atoms with Gasteiger partial charge in [0.1, 0.15) is 17.3 Å². The van der Waals surface area contributed by atoms with Crippen molar-refractivity contribution in [1.29, 1.82) is 0 Å². The van der Waals surface area contributed by atoms with Crippen molar-refractivity contribution < 1.29 is 13.9 Å². The molecule has 1 unspecified atom stereocenters. The maximum absolute atomic E-state index is 13.7. The number of hydrogen-bond acceptors (Lipinski definition) is 6. The number of halogens is 1. The first kappa shape index (κ1) is 23.3. The molecule has 3 aliphatic rings. The van der Waals surface area contributed by atoms with E-state index in [0.717, 1.165) is 73.3 Å². The van der Waals surface area contributed by atoms with E-state index >= 15 is 0 Å². The third-order valence-electron chi connectivity index (χ3n) is 7.93. The van der Waals surface area contributed by atoms with E-state index in [1.165, 1.54) is 30.5 Å². The van der Waals surface area contributed by atoms with Crippen LogP contribution in [0.3, 0.4) is 0 Å². The van der Waals surface area contributed by atoms with Crippen LogP contribution in [0.2, 0.25) is 0 Å². The van der Waals surface area contributed by atoms with Gasteiger partial charge < -0.3 is 15.4 Å². The van der Waals surface area contributed by atoms with Gasteiger partial charge in [0.2, 0.25) is 0 Å². The fourth-order valence-corrected chi connectivity index (χ4v) is 6.00. The summed E-state index contributed by atoms with van der Waals surface area (Å²) in [5.41, 5.74) is 6.80. The summed E-state index contributed by atoms with van der Waals surface area (Å²) < 4.78 is 21.2. The number of nitrogens with one attached hydrogen (secondary N) is 2. The number of aromatic nitrogens is 3. The minimum atomic E-state index is -0.334. The third kappa shape index (κ3) is 4.12. The van der Waals surface area contributed by atoms with Crippen molar-refractivity contribution in [3.05, 3.63) is 77.0 Å². The average molecular weight is 513 g/mol. The first-order valence-corrected chi connectivity index (χ1v) is 13.3. The molecule has 2 fully saturated rings. The lowest BCUT2D eigenvalue weighted by atomic mass is 9.96. The number of carbonyl (C=O) groups is 1. The number of rotatable bonds is 6. The maximum atomic E-state index is 13.7. The highest BCUT2D eigenvalue weighted by Crippen LogP contribution is 2.36. The second kappa shape index (κ2) is 9.49. The van der Waals surface area contributed by atoms with Crippen LogP contribution in [-0.2, 0) is 17.8 Å². The molecule has 6 heterocycles. The standard InChI is InChI=1S/C29H29FN6O2/c30-19-7-11-36-25(15-31-27(36)13-19)21-3-5-23(28-22(21)14-32-29(28)37)33-26-6-4-20(18-8-12-38-17-18)24(34-26)16-35-9-1-2-10-35/h3-7,11,13,15,18H,1-2,8-10,12,14,16-17H2,(H,32,37)(H,33,34). The van der Waals surface area contributed by atoms with Gasteiger partial charge in [-0.05, 0) is 61.7 Å². The van der Waals surface area contributed by atoms with Crippen LogP contribution in [0.5, 0.6) is 0 Å². The number of pyridine rings is 2. The van der Waals surface area contributed by atoms with Crippen LogP contribution in [0.1, 0.15) is 52.4 Å². The Morgan fingerprint density at radius 3 is 2.89 bits per heavy atom. The van der Waals surface area contributed by atoms with Crippen LogP contribution >= 0.6 is 0 Å². The smallest absolute Gasteiger partial charge is 0.254 e. The molecule has 0 bridgehead atoms. The van der Waals surface area contributed by atoms with Crippen molar-refractivity contribution in [3.8, 4) is 11.3 Å². The zero-order valence-electron chi connectivity index (χ0n) is 21.0. The summed E-state index contributed by atoms with van der Waals surface area (Å²) in [6.45, 7) is 4.99. The molecule has 1 atom stereocenters. The van der Waals surface area contributed by atoms with Crippen molar-refractivity contribution in [2.75, 3.05) is 31.6 Å². The lowest BCUT2D eigenvalue weighted by molar-refractivity contribution is 0.0966. The highest BCUT2D eigenvalue weighted by atomic mass is 19.1. The fraction of sp³-hybridized carbons (Fsp3) is 0.345. The van der Waals surface area contributed by atoms with Gasteiger partial charge >= 0.3 is 0 Å². The molecule has 7 rings (SSSR count). The van der Waals surface area contributed by atoms with E-state index in [9.17, 15) is 9.18 Å². The second-order valence-corrected chi connectivity index (χ2v) is 10.3. The van der Waals surface area contributed by atoms with E-state index in [1.807, 2.05) is 22.6 Å². The third-order valence-corrected chi connectivity index (χ3v) is 7.93. The molecule has 0 saturated carbocycles. The summed E-state index contributed by atoms with van der Waals surface area (Å²) in [5, 5.41) is 6.41. The fourth-order valence-electron chi connectivity index (χ4n) is 6.00. The molecule has 9 heteroatoms. The Morgan fingerprint density at radius 2 is 2.05 bits per heavy atom. The van der Waals surface area contributed by atoms with Gasteiger partial charge in [-0.1, -0.05) is 12.1 Å². The number of carbonyl (C=O) groups excluding carboxylic acids is 1. The van der Waals surface area contributed by atoms with Gasteiger partial charge in [-0.3, -0.25) is 14.1 Å². The molecule has 2 saturated heterocycles. The summed E-state index contributed by atoms with van der Waals surface area (Å²) in [6.07, 6.45) is 6.87. The van der Waals surface area contributed by atoms with Crippen LogP contribution < -0.4 is 10.6 Å². The number of anilines is 2. The van der Waals surface area contributed by atoms with Crippen molar-refractivity contribution >= 4 is 23.1 Å². The van der Waals surface area contributed by atoms with Crippen LogP contribution in [-0.4, -0.2) is 51.5 Å². The quantitative estimate of drug-likeness (QED) is 0.392. The number of benzene rings is 1. The van der Waals surface area contributed by atoms with E-state index in [1.54, 1.807) is 12.4 Å². The molecule has 0 aliphatic carbocycles. The number of ether oxygens (including phenoxy) is 1. The second-order valence-electron chi connectivity index (χ2n) is 10.3. The average Bonchev–Trinajstić information content (AvgIpc) is 3.73. The van der Waals surface area contributed by atoms with E-state index in [2.05, 4.69) is 26.6 Å². The van der Waals surface area contributed by atoms with Crippen LogP contribution in [0.25, 0.3) is 16.9 Å². The van der Waals surface area contributed by atoms with Crippen LogP contribution in [0.15, 0.2) is 48.8 Å². The van der Waals surface area contributed by atoms with Gasteiger partial charge in [-0.15, -0.1) is 0 Å². The number of amides is 1. The molecule has 3 aliphatic heterocycles. The number of likely N-dealkylation sites (tertiary alicyclic amines) is 1. The molecule has 1 amide bonds. The summed E-state index contributed by atoms with van der Waals surface area (Å²) >= 11 is 0. The first-order valence-electron chi connectivity index (χ1n) is 13.3. The lowest BCUT2D eigenvalue weighted by Crippen LogP contribution is -2.21. The van der Waals surface area contributed by atoms with Crippen molar-refractivity contribution in [2.45, 2.75) is 38.3 Å². The van der Waals surface area contributed by atoms with E-state index in [-0.39, 0.29) is 11.7 Å². The molecule has 0 radical (unpaired) electrons. The molecule has 194 valence electrons. The Kier molecular flexibility index (Phi) is 5.82. The summed E-state index contributed by atoms with van der Waals surface area (Å²) in [5.74, 6) is 0.643. The summed E-state index contributed by atoms with van der Waals surface area (Å²) in [4.78, 5) is 24.9. The summed E-state index contributed by atoms with van der Waals surface area (Å²) in [6, 6.07) is 10.9. The summed E-state index contributed by atoms with van der Waals surface area (Å²) in [7, 11) is 0. The highest BCUT2D eigenvalue weighted by molar-refractivity contribution is 6.06. The molecular weight excluding hydrogens is 483 g/mol. The van der Waals surface area contributed by atoms with Gasteiger partial charge in [-0.25, -0.2) is 14.4 Å². The molecule has 38 heavy (non-hydrogen) atoms. The van der Waals surface area contributed by atoms with Gasteiger partial charge in [0.15, 0.2) is 0 Å². The molecule has 0 spiro atoms. The van der Waals surface area contributed by atoms with Crippen molar-refractivity contribution in [1.82, 2.24) is 24.6 Å². The van der Waals surface area contributed by atoms with Gasteiger partial charge in [0.05, 0.1) is 35.4 Å². The van der Waals surface area contributed by atoms with Gasteiger partial charge in [-0.2, -0.15) is 0 Å². The molecule has 3 aromatic heterocycles. The number of fused-ring (bicyclic) bond motifs is 2. The Labute approximate surface area is 219 Å². The Bertz CT molecular complexity index is 1540. The SMILES string of the molecule is O=C1NCc2c(-c3cnc4cc(F)ccn34)ccc(Nc3ccc(C4CCOC4)c(CN4CCCC4)n3)c21. The molecule has 1 aromatic carbocycles. The minimum Gasteiger partial charge on any atom is -0.381 e. The minimum absolute atomic E-state index is 0.124. The van der Waals surface area contributed by atoms with E-state index < -0.39 is 0 Å². The van der Waals surface area contributed by atoms with Crippen molar-refractivity contribution in [3.63, 3.8) is 0 Å². The number of nitrogens with zero attached hydrogens (tertiary/aromatic N) is 4. The Balaban J connectivity index is 1.24. The van der Waals surface area contributed by atoms with Crippen LogP contribution in [0, 0.1) is 5.82 Å². The zero-order valence-corrected chi connectivity index (χ0v) is 21.0. The Morgan fingerprint density at radius 1 is 1.16 bits per heavy atom. The van der Waals surface area contributed by atoms with E-state index in [0.29, 0.717) is 23.7 Å². The van der Waals surface area contributed by atoms with Gasteiger partial charge in [0, 0.05) is 43.4 Å². The normalized spacial score (nSPS) is 19.3. The largest absolute Gasteiger partial charge is 0.381 e. The lowest BCUT2D eigenvalue weighted by Gasteiger charge is -2.20. The Hall–Kier alpha value is -3.82. The first-order chi connectivity index (χ1) is 18.6. The number of imidazole rings is 1. The van der Waals surface area contributed by atoms with Crippen LogP contribution in [0.4, 0.5) is 15.9 Å².